The molecule has 2 aromatic rings. The fraction of sp³-hybridized carbons (Fsp3) is 0.400. The van der Waals surface area contributed by atoms with E-state index in [1.54, 1.807) is 36.4 Å². The van der Waals surface area contributed by atoms with Crippen molar-refractivity contribution < 1.29 is 25.9 Å². The second-order valence-electron chi connectivity index (χ2n) is 6.39. The van der Waals surface area contributed by atoms with Gasteiger partial charge in [0.25, 0.3) is 20.2 Å². The molecule has 8 nitrogen and oxygen atoms in total. The number of rotatable bonds is 9. The second kappa shape index (κ2) is 15.1. The fourth-order valence-electron chi connectivity index (χ4n) is 2.65. The van der Waals surface area contributed by atoms with Gasteiger partial charge < -0.3 is 12.3 Å². The minimum atomic E-state index is -4.08. The molecule has 8 N–H and O–H groups in total. The van der Waals surface area contributed by atoms with Crippen molar-refractivity contribution in [2.45, 2.75) is 61.7 Å². The molecular weight excluding hydrogens is 428 g/mol. The van der Waals surface area contributed by atoms with Crippen molar-refractivity contribution >= 4 is 20.2 Å². The highest BCUT2D eigenvalue weighted by Gasteiger charge is 2.13. The minimum Gasteiger partial charge on any atom is -0.344 e. The highest BCUT2D eigenvalue weighted by atomic mass is 32.2. The summed E-state index contributed by atoms with van der Waals surface area (Å²) in [6, 6.07) is 14.1. The van der Waals surface area contributed by atoms with E-state index in [2.05, 4.69) is 6.92 Å². The highest BCUT2D eigenvalue weighted by molar-refractivity contribution is 7.86. The third-order valence-electron chi connectivity index (χ3n) is 4.09. The van der Waals surface area contributed by atoms with Gasteiger partial charge in [-0.2, -0.15) is 16.8 Å². The van der Waals surface area contributed by atoms with Crippen molar-refractivity contribution in [3.8, 4) is 0 Å². The zero-order chi connectivity index (χ0) is 21.0. The van der Waals surface area contributed by atoms with E-state index in [-0.39, 0.29) is 22.1 Å². The van der Waals surface area contributed by atoms with E-state index < -0.39 is 20.2 Å². The van der Waals surface area contributed by atoms with Crippen molar-refractivity contribution in [1.82, 2.24) is 12.3 Å². The van der Waals surface area contributed by atoms with Crippen LogP contribution in [-0.2, 0) is 26.7 Å². The summed E-state index contributed by atoms with van der Waals surface area (Å²) in [4.78, 5) is -0.0199. The molecule has 172 valence electrons. The average molecular weight is 463 g/mol. The zero-order valence-electron chi connectivity index (χ0n) is 17.4. The summed E-state index contributed by atoms with van der Waals surface area (Å²) in [6.07, 6.45) is 7.73. The molecule has 0 bridgehead atoms. The number of hydrogen-bond acceptors (Lipinski definition) is 6. The van der Waals surface area contributed by atoms with E-state index in [1.165, 1.54) is 43.9 Å². The smallest absolute Gasteiger partial charge is 0.294 e. The van der Waals surface area contributed by atoms with Crippen LogP contribution >= 0.6 is 0 Å². The van der Waals surface area contributed by atoms with Crippen LogP contribution in [0.2, 0.25) is 0 Å². The van der Waals surface area contributed by atoms with E-state index in [0.29, 0.717) is 6.42 Å². The van der Waals surface area contributed by atoms with Crippen LogP contribution in [0.3, 0.4) is 0 Å². The largest absolute Gasteiger partial charge is 0.344 e. The van der Waals surface area contributed by atoms with Gasteiger partial charge in [-0.3, -0.25) is 9.11 Å². The molecule has 0 heterocycles. The highest BCUT2D eigenvalue weighted by Crippen LogP contribution is 2.18. The molecule has 0 unspecified atom stereocenters. The van der Waals surface area contributed by atoms with Gasteiger partial charge in [-0.25, -0.2) is 0 Å². The first-order valence-corrected chi connectivity index (χ1v) is 12.1. The van der Waals surface area contributed by atoms with Gasteiger partial charge >= 0.3 is 0 Å². The molecule has 2 aromatic carbocycles. The molecule has 0 spiro atoms. The van der Waals surface area contributed by atoms with E-state index in [4.69, 9.17) is 9.11 Å². The summed E-state index contributed by atoms with van der Waals surface area (Å²) >= 11 is 0. The first-order chi connectivity index (χ1) is 13.2. The fourth-order valence-corrected chi connectivity index (χ4v) is 3.90. The van der Waals surface area contributed by atoms with Crippen LogP contribution in [0.15, 0.2) is 64.4 Å². The SMILES string of the molecule is CCCCCCCCc1ccccc1S(=O)(=O)O.N.N.O=S(=O)(O)c1ccccc1. The zero-order valence-corrected chi connectivity index (χ0v) is 19.0. The quantitative estimate of drug-likeness (QED) is 0.293. The normalized spacial score (nSPS) is 10.8. The summed E-state index contributed by atoms with van der Waals surface area (Å²) < 4.78 is 60.7. The minimum absolute atomic E-state index is 0. The predicted molar refractivity (Wildman–Crippen MR) is 120 cm³/mol. The van der Waals surface area contributed by atoms with Crippen molar-refractivity contribution in [1.29, 1.82) is 0 Å². The number of unbranched alkanes of at least 4 members (excludes halogenated alkanes) is 5. The Morgan fingerprint density at radius 2 is 1.17 bits per heavy atom. The van der Waals surface area contributed by atoms with Crippen LogP contribution in [0.4, 0.5) is 0 Å². The standard InChI is InChI=1S/C14H22O3S.C6H6O3S.2H3N/c1-2-3-4-5-6-7-10-13-11-8-9-12-14(13)18(15,16)17;7-10(8,9)6-4-2-1-3-5-6;;/h8-9,11-12H,2-7,10H2,1H3,(H,15,16,17);1-5H,(H,7,8,9);2*1H3. The van der Waals surface area contributed by atoms with Crippen LogP contribution in [-0.4, -0.2) is 25.9 Å². The maximum absolute atomic E-state index is 11.2. The second-order valence-corrected chi connectivity index (χ2v) is 9.20. The lowest BCUT2D eigenvalue weighted by molar-refractivity contribution is 0.480. The number of aryl methyl sites for hydroxylation is 1. The van der Waals surface area contributed by atoms with Gasteiger partial charge in [0.1, 0.15) is 0 Å². The molecule has 0 amide bonds. The van der Waals surface area contributed by atoms with Gasteiger partial charge in [0.2, 0.25) is 0 Å². The molecule has 0 fully saturated rings. The van der Waals surface area contributed by atoms with Crippen molar-refractivity contribution in [2.24, 2.45) is 0 Å². The maximum Gasteiger partial charge on any atom is 0.294 e. The van der Waals surface area contributed by atoms with Crippen molar-refractivity contribution in [3.05, 3.63) is 60.2 Å². The Morgan fingerprint density at radius 3 is 1.67 bits per heavy atom. The van der Waals surface area contributed by atoms with Gasteiger partial charge in [-0.1, -0.05) is 75.4 Å². The summed E-state index contributed by atoms with van der Waals surface area (Å²) in [5.41, 5.74) is 0.718. The predicted octanol–water partition coefficient (Wildman–Crippen LogP) is 5.09. The molecular formula is C20H34N2O6S2. The molecule has 30 heavy (non-hydrogen) atoms. The van der Waals surface area contributed by atoms with Crippen LogP contribution in [0, 0.1) is 0 Å². The topological polar surface area (TPSA) is 179 Å². The van der Waals surface area contributed by atoms with Crippen LogP contribution in [0.5, 0.6) is 0 Å². The molecule has 0 atom stereocenters. The van der Waals surface area contributed by atoms with Crippen LogP contribution < -0.4 is 12.3 Å². The molecule has 0 aliphatic heterocycles. The Kier molecular flexibility index (Phi) is 15.2. The first-order valence-electron chi connectivity index (χ1n) is 9.24. The van der Waals surface area contributed by atoms with E-state index >= 15 is 0 Å². The van der Waals surface area contributed by atoms with Crippen molar-refractivity contribution in [2.75, 3.05) is 0 Å². The maximum atomic E-state index is 11.2. The molecule has 0 aliphatic carbocycles. The number of hydrogen-bond donors (Lipinski definition) is 4. The Hall–Kier alpha value is -1.82. The summed E-state index contributed by atoms with van der Waals surface area (Å²) in [5, 5.41) is 0. The van der Waals surface area contributed by atoms with E-state index in [0.717, 1.165) is 18.4 Å². The van der Waals surface area contributed by atoms with Gasteiger partial charge in [0.05, 0.1) is 9.79 Å². The molecule has 0 radical (unpaired) electrons. The van der Waals surface area contributed by atoms with Crippen LogP contribution in [0.1, 0.15) is 51.0 Å². The Bertz CT molecular complexity index is 917. The molecule has 0 aromatic heterocycles. The summed E-state index contributed by atoms with van der Waals surface area (Å²) in [5.74, 6) is 0. The Morgan fingerprint density at radius 1 is 0.667 bits per heavy atom. The lowest BCUT2D eigenvalue weighted by Crippen LogP contribution is -2.03. The van der Waals surface area contributed by atoms with E-state index in [9.17, 15) is 16.8 Å². The summed E-state index contributed by atoms with van der Waals surface area (Å²) in [6.45, 7) is 2.18. The van der Waals surface area contributed by atoms with Crippen LogP contribution in [0.25, 0.3) is 0 Å². The third kappa shape index (κ3) is 12.0. The lowest BCUT2D eigenvalue weighted by Gasteiger charge is -2.06. The van der Waals surface area contributed by atoms with Gasteiger partial charge in [-0.15, -0.1) is 0 Å². The molecule has 10 heteroatoms. The molecule has 0 aliphatic rings. The van der Waals surface area contributed by atoms with Crippen molar-refractivity contribution in [3.63, 3.8) is 0 Å². The van der Waals surface area contributed by atoms with Gasteiger partial charge in [0, 0.05) is 0 Å². The average Bonchev–Trinajstić information content (AvgIpc) is 2.65. The third-order valence-corrected chi connectivity index (χ3v) is 5.91. The monoisotopic (exact) mass is 462 g/mol. The first kappa shape index (κ1) is 30.4. The number of benzene rings is 2. The molecule has 0 saturated carbocycles. The lowest BCUT2D eigenvalue weighted by atomic mass is 10.1. The Balaban J connectivity index is 0. The Labute approximate surface area is 180 Å². The van der Waals surface area contributed by atoms with Gasteiger partial charge in [0.15, 0.2) is 0 Å². The van der Waals surface area contributed by atoms with Gasteiger partial charge in [-0.05, 0) is 36.6 Å². The molecule has 2 rings (SSSR count). The summed E-state index contributed by atoms with van der Waals surface area (Å²) in [7, 11) is -8.09. The molecule has 0 saturated heterocycles. The van der Waals surface area contributed by atoms with E-state index in [1.807, 2.05) is 0 Å².